The third-order valence-corrected chi connectivity index (χ3v) is 2.14. The molecule has 0 aliphatic carbocycles. The molecule has 0 aliphatic heterocycles. The van der Waals surface area contributed by atoms with E-state index in [0.29, 0.717) is 12.5 Å². The van der Waals surface area contributed by atoms with Crippen molar-refractivity contribution in [1.82, 2.24) is 9.55 Å². The van der Waals surface area contributed by atoms with Gasteiger partial charge in [0.15, 0.2) is 6.29 Å². The second kappa shape index (κ2) is 5.12. The number of ether oxygens (including phenoxy) is 2. The van der Waals surface area contributed by atoms with Gasteiger partial charge in [-0.15, -0.1) is 0 Å². The summed E-state index contributed by atoms with van der Waals surface area (Å²) in [6.45, 7) is 4.92. The summed E-state index contributed by atoms with van der Waals surface area (Å²) in [6.07, 6.45) is 3.54. The highest BCUT2D eigenvalue weighted by molar-refractivity contribution is 4.97. The van der Waals surface area contributed by atoms with Crippen LogP contribution in [0.25, 0.3) is 0 Å². The Labute approximate surface area is 84.9 Å². The average Bonchev–Trinajstić information content (AvgIpc) is 2.62. The van der Waals surface area contributed by atoms with Crippen molar-refractivity contribution in [2.75, 3.05) is 14.2 Å². The standard InChI is InChI=1S/C10H18N2O2/c1-8(2)10-11-5-6-12(10)7-9(13-3)14-4/h5-6,8-9H,7H2,1-4H3. The highest BCUT2D eigenvalue weighted by Gasteiger charge is 2.11. The van der Waals surface area contributed by atoms with E-state index in [4.69, 9.17) is 9.47 Å². The molecule has 14 heavy (non-hydrogen) atoms. The summed E-state index contributed by atoms with van der Waals surface area (Å²) in [6, 6.07) is 0. The van der Waals surface area contributed by atoms with Gasteiger partial charge in [0, 0.05) is 32.5 Å². The van der Waals surface area contributed by atoms with E-state index in [-0.39, 0.29) is 6.29 Å². The molecule has 0 bridgehead atoms. The lowest BCUT2D eigenvalue weighted by Gasteiger charge is -2.16. The molecule has 0 saturated heterocycles. The maximum absolute atomic E-state index is 5.14. The van der Waals surface area contributed by atoms with Gasteiger partial charge in [0.25, 0.3) is 0 Å². The lowest BCUT2D eigenvalue weighted by atomic mass is 10.2. The van der Waals surface area contributed by atoms with E-state index in [1.54, 1.807) is 20.4 Å². The second-order valence-corrected chi connectivity index (χ2v) is 3.49. The highest BCUT2D eigenvalue weighted by Crippen LogP contribution is 2.12. The Morgan fingerprint density at radius 3 is 2.50 bits per heavy atom. The minimum atomic E-state index is -0.207. The number of nitrogens with zero attached hydrogens (tertiary/aromatic N) is 2. The second-order valence-electron chi connectivity index (χ2n) is 3.49. The molecule has 0 N–H and O–H groups in total. The van der Waals surface area contributed by atoms with Gasteiger partial charge in [-0.05, 0) is 0 Å². The van der Waals surface area contributed by atoms with Gasteiger partial charge in [-0.1, -0.05) is 13.8 Å². The zero-order valence-electron chi connectivity index (χ0n) is 9.23. The lowest BCUT2D eigenvalue weighted by Crippen LogP contribution is -2.21. The summed E-state index contributed by atoms with van der Waals surface area (Å²) in [5.41, 5.74) is 0. The number of hydrogen-bond acceptors (Lipinski definition) is 3. The van der Waals surface area contributed by atoms with E-state index in [2.05, 4.69) is 23.4 Å². The van der Waals surface area contributed by atoms with Crippen molar-refractivity contribution in [3.63, 3.8) is 0 Å². The van der Waals surface area contributed by atoms with Gasteiger partial charge in [-0.2, -0.15) is 0 Å². The van der Waals surface area contributed by atoms with Crippen LogP contribution in [0.3, 0.4) is 0 Å². The maximum Gasteiger partial charge on any atom is 0.174 e. The van der Waals surface area contributed by atoms with Gasteiger partial charge < -0.3 is 14.0 Å². The molecule has 1 aromatic heterocycles. The molecule has 1 aromatic rings. The minimum absolute atomic E-state index is 0.207. The van der Waals surface area contributed by atoms with Crippen LogP contribution in [0.1, 0.15) is 25.6 Å². The topological polar surface area (TPSA) is 36.3 Å². The molecule has 4 nitrogen and oxygen atoms in total. The van der Waals surface area contributed by atoms with Crippen LogP contribution in [0.15, 0.2) is 12.4 Å². The van der Waals surface area contributed by atoms with E-state index in [0.717, 1.165) is 5.82 Å². The van der Waals surface area contributed by atoms with Gasteiger partial charge in [0.1, 0.15) is 5.82 Å². The lowest BCUT2D eigenvalue weighted by molar-refractivity contribution is -0.111. The molecule has 0 unspecified atom stereocenters. The van der Waals surface area contributed by atoms with Crippen LogP contribution in [0.4, 0.5) is 0 Å². The Morgan fingerprint density at radius 2 is 2.00 bits per heavy atom. The molecule has 0 atom stereocenters. The van der Waals surface area contributed by atoms with Gasteiger partial charge >= 0.3 is 0 Å². The highest BCUT2D eigenvalue weighted by atomic mass is 16.7. The van der Waals surface area contributed by atoms with Crippen LogP contribution in [0.2, 0.25) is 0 Å². The predicted octanol–water partition coefficient (Wildman–Crippen LogP) is 1.63. The maximum atomic E-state index is 5.14. The number of imidazole rings is 1. The van der Waals surface area contributed by atoms with Gasteiger partial charge in [-0.3, -0.25) is 0 Å². The Hall–Kier alpha value is -0.870. The quantitative estimate of drug-likeness (QED) is 0.675. The van der Waals surface area contributed by atoms with Crippen molar-refractivity contribution in [2.45, 2.75) is 32.6 Å². The first-order valence-electron chi connectivity index (χ1n) is 4.75. The molecule has 0 aromatic carbocycles. The summed E-state index contributed by atoms with van der Waals surface area (Å²) in [4.78, 5) is 4.29. The SMILES string of the molecule is COC(Cn1ccnc1C(C)C)OC. The van der Waals surface area contributed by atoms with Gasteiger partial charge in [0.2, 0.25) is 0 Å². The van der Waals surface area contributed by atoms with Crippen LogP contribution in [0, 0.1) is 0 Å². The van der Waals surface area contributed by atoms with E-state index >= 15 is 0 Å². The Balaban J connectivity index is 2.70. The third-order valence-electron chi connectivity index (χ3n) is 2.14. The molecular formula is C10H18N2O2. The first-order valence-corrected chi connectivity index (χ1v) is 4.75. The van der Waals surface area contributed by atoms with Gasteiger partial charge in [-0.25, -0.2) is 4.98 Å². The predicted molar refractivity (Wildman–Crippen MR) is 54.1 cm³/mol. The largest absolute Gasteiger partial charge is 0.354 e. The Kier molecular flexibility index (Phi) is 4.10. The number of methoxy groups -OCH3 is 2. The summed E-state index contributed by atoms with van der Waals surface area (Å²) < 4.78 is 12.3. The monoisotopic (exact) mass is 198 g/mol. The van der Waals surface area contributed by atoms with Crippen LogP contribution in [-0.4, -0.2) is 30.1 Å². The van der Waals surface area contributed by atoms with E-state index in [1.807, 2.05) is 6.20 Å². The zero-order chi connectivity index (χ0) is 10.6. The summed E-state index contributed by atoms with van der Waals surface area (Å²) in [5, 5.41) is 0. The van der Waals surface area contributed by atoms with E-state index in [1.165, 1.54) is 0 Å². The van der Waals surface area contributed by atoms with Crippen molar-refractivity contribution in [3.8, 4) is 0 Å². The fourth-order valence-corrected chi connectivity index (χ4v) is 1.38. The van der Waals surface area contributed by atoms with E-state index in [9.17, 15) is 0 Å². The summed E-state index contributed by atoms with van der Waals surface area (Å²) in [7, 11) is 3.28. The molecule has 80 valence electrons. The fourth-order valence-electron chi connectivity index (χ4n) is 1.38. The van der Waals surface area contributed by atoms with Crippen LogP contribution in [-0.2, 0) is 16.0 Å². The average molecular weight is 198 g/mol. The van der Waals surface area contributed by atoms with Crippen molar-refractivity contribution >= 4 is 0 Å². The Morgan fingerprint density at radius 1 is 1.36 bits per heavy atom. The molecule has 0 amide bonds. The van der Waals surface area contributed by atoms with Crippen LogP contribution < -0.4 is 0 Å². The fraction of sp³-hybridized carbons (Fsp3) is 0.700. The molecule has 0 spiro atoms. The van der Waals surface area contributed by atoms with Crippen molar-refractivity contribution < 1.29 is 9.47 Å². The summed E-state index contributed by atoms with van der Waals surface area (Å²) in [5.74, 6) is 1.48. The van der Waals surface area contributed by atoms with Crippen molar-refractivity contribution in [2.24, 2.45) is 0 Å². The molecular weight excluding hydrogens is 180 g/mol. The zero-order valence-corrected chi connectivity index (χ0v) is 9.23. The third kappa shape index (κ3) is 2.56. The number of hydrogen-bond donors (Lipinski definition) is 0. The molecule has 4 heteroatoms. The molecule has 0 fully saturated rings. The normalized spacial score (nSPS) is 11.6. The smallest absolute Gasteiger partial charge is 0.174 e. The number of aromatic nitrogens is 2. The van der Waals surface area contributed by atoms with Gasteiger partial charge in [0.05, 0.1) is 6.54 Å². The molecule has 0 radical (unpaired) electrons. The number of rotatable bonds is 5. The van der Waals surface area contributed by atoms with Crippen LogP contribution >= 0.6 is 0 Å². The molecule has 1 heterocycles. The first-order chi connectivity index (χ1) is 6.69. The molecule has 1 rings (SSSR count). The van der Waals surface area contributed by atoms with Crippen molar-refractivity contribution in [1.29, 1.82) is 0 Å². The molecule has 0 saturated carbocycles. The van der Waals surface area contributed by atoms with Crippen LogP contribution in [0.5, 0.6) is 0 Å². The first kappa shape index (κ1) is 11.2. The molecule has 0 aliphatic rings. The minimum Gasteiger partial charge on any atom is -0.354 e. The van der Waals surface area contributed by atoms with E-state index < -0.39 is 0 Å². The van der Waals surface area contributed by atoms with Crippen molar-refractivity contribution in [3.05, 3.63) is 18.2 Å². The Bertz CT molecular complexity index is 267. The summed E-state index contributed by atoms with van der Waals surface area (Å²) >= 11 is 0.